The quantitative estimate of drug-likeness (QED) is 0.345. The van der Waals surface area contributed by atoms with Gasteiger partial charge in [0.15, 0.2) is 11.5 Å². The molecule has 1 aromatic carbocycles. The number of benzene rings is 1. The number of alkyl halides is 4. The molecular formula is C21H13BrCl2F3N5O2. The lowest BCUT2D eigenvalue weighted by atomic mass is 9.87. The van der Waals surface area contributed by atoms with E-state index in [1.165, 1.54) is 24.4 Å². The van der Waals surface area contributed by atoms with Gasteiger partial charge in [0.25, 0.3) is 5.91 Å². The summed E-state index contributed by atoms with van der Waals surface area (Å²) in [4.78, 5) is 27.4. The maximum absolute atomic E-state index is 13.4. The zero-order valence-corrected chi connectivity index (χ0v) is 19.9. The number of hydrogen-bond acceptors (Lipinski definition) is 4. The normalized spacial score (nSPS) is 17.6. The molecule has 0 aliphatic heterocycles. The second-order valence-corrected chi connectivity index (χ2v) is 9.30. The molecule has 1 aliphatic rings. The van der Waals surface area contributed by atoms with Gasteiger partial charge in [-0.2, -0.15) is 18.3 Å². The number of hydrogen-bond donors (Lipinski definition) is 2. The van der Waals surface area contributed by atoms with Crippen LogP contribution in [0, 0.1) is 0 Å². The molecule has 0 saturated carbocycles. The molecule has 176 valence electrons. The largest absolute Gasteiger partial charge is 0.435 e. The van der Waals surface area contributed by atoms with Crippen LogP contribution in [0.4, 0.5) is 13.2 Å². The zero-order chi connectivity index (χ0) is 24.8. The zero-order valence-electron chi connectivity index (χ0n) is 16.8. The average molecular weight is 575 g/mol. The summed E-state index contributed by atoms with van der Waals surface area (Å²) in [5.74, 6) is -1.94. The first-order chi connectivity index (χ1) is 15.9. The molecule has 3 N–H and O–H groups in total. The summed E-state index contributed by atoms with van der Waals surface area (Å²) in [6.45, 7) is 0. The molecule has 0 spiro atoms. The topological polar surface area (TPSA) is 103 Å². The van der Waals surface area contributed by atoms with Crippen LogP contribution in [-0.4, -0.2) is 26.6 Å². The van der Waals surface area contributed by atoms with Crippen LogP contribution in [0.2, 0.25) is 5.02 Å². The van der Waals surface area contributed by atoms with E-state index in [9.17, 15) is 22.8 Å². The minimum absolute atomic E-state index is 0.0271. The minimum Gasteiger partial charge on any atom is -0.366 e. The number of primary amides is 1. The first-order valence-electron chi connectivity index (χ1n) is 9.49. The summed E-state index contributed by atoms with van der Waals surface area (Å²) in [5.41, 5.74) is 4.65. The fraction of sp³-hybridized carbons (Fsp3) is 0.143. The van der Waals surface area contributed by atoms with Gasteiger partial charge in [0.2, 0.25) is 5.91 Å². The molecule has 1 unspecified atom stereocenters. The van der Waals surface area contributed by atoms with Crippen LogP contribution in [0.25, 0.3) is 11.9 Å². The van der Waals surface area contributed by atoms with E-state index in [1.807, 2.05) is 0 Å². The third-order valence-electron chi connectivity index (χ3n) is 5.00. The number of pyridine rings is 1. The molecule has 0 fully saturated rings. The van der Waals surface area contributed by atoms with E-state index in [1.54, 1.807) is 18.2 Å². The molecule has 1 atom stereocenters. The van der Waals surface area contributed by atoms with Crippen LogP contribution in [0.5, 0.6) is 0 Å². The lowest BCUT2D eigenvalue weighted by Crippen LogP contribution is -2.45. The first kappa shape index (κ1) is 24.2. The van der Waals surface area contributed by atoms with Crippen LogP contribution < -0.4 is 11.1 Å². The van der Waals surface area contributed by atoms with Crippen molar-refractivity contribution in [3.05, 3.63) is 80.2 Å². The predicted octanol–water partition coefficient (Wildman–Crippen LogP) is 4.80. The molecule has 13 heteroatoms. The van der Waals surface area contributed by atoms with Crippen molar-refractivity contribution in [3.63, 3.8) is 0 Å². The Kier molecular flexibility index (Phi) is 6.21. The Hall–Kier alpha value is -2.89. The van der Waals surface area contributed by atoms with Gasteiger partial charge in [0.1, 0.15) is 10.7 Å². The number of carbonyl (C=O) groups is 2. The summed E-state index contributed by atoms with van der Waals surface area (Å²) in [6, 6.07) is 8.39. The number of nitrogens with one attached hydrogen (secondary N) is 1. The highest BCUT2D eigenvalue weighted by Crippen LogP contribution is 2.41. The van der Waals surface area contributed by atoms with Crippen LogP contribution in [0.1, 0.15) is 33.7 Å². The van der Waals surface area contributed by atoms with E-state index < -0.39 is 34.4 Å². The number of fused-ring (bicyclic) bond motifs is 1. The summed E-state index contributed by atoms with van der Waals surface area (Å²) >= 11 is 16.2. The summed E-state index contributed by atoms with van der Waals surface area (Å²) < 4.78 is 41.6. The van der Waals surface area contributed by atoms with E-state index >= 15 is 0 Å². The number of halogens is 6. The second kappa shape index (κ2) is 8.71. The van der Waals surface area contributed by atoms with E-state index in [2.05, 4.69) is 31.3 Å². The number of amides is 2. The Labute approximate surface area is 208 Å². The van der Waals surface area contributed by atoms with Gasteiger partial charge in [-0.3, -0.25) is 9.59 Å². The minimum atomic E-state index is -4.84. The van der Waals surface area contributed by atoms with Crippen molar-refractivity contribution in [1.82, 2.24) is 20.1 Å². The Balaban J connectivity index is 1.80. The van der Waals surface area contributed by atoms with Gasteiger partial charge in [-0.1, -0.05) is 45.2 Å². The van der Waals surface area contributed by atoms with Crippen molar-refractivity contribution in [3.8, 4) is 5.82 Å². The van der Waals surface area contributed by atoms with E-state index in [4.69, 9.17) is 28.9 Å². The second-order valence-electron chi connectivity index (χ2n) is 7.33. The molecular weight excluding hydrogens is 562 g/mol. The SMILES string of the molecule is NC(=O)C1=Cc2cc(Br)ccc2C(Cl)(NC(=O)c2cc(C(F)(F)F)nn2-c2ncccc2Cl)C1. The average Bonchev–Trinajstić information content (AvgIpc) is 3.19. The molecule has 0 radical (unpaired) electrons. The summed E-state index contributed by atoms with van der Waals surface area (Å²) in [5, 5.41) is 6.00. The molecule has 2 heterocycles. The fourth-order valence-corrected chi connectivity index (χ4v) is 4.48. The van der Waals surface area contributed by atoms with Gasteiger partial charge in [0, 0.05) is 34.3 Å². The number of aromatic nitrogens is 3. The standard InChI is InChI=1S/C21H13BrCl2F3N5O2/c22-12-3-4-13-10(7-12)6-11(17(28)33)9-20(13,24)30-19(34)15-8-16(21(25,26)27)31-32(15)18-14(23)2-1-5-29-18/h1-8H,9H2,(H2,28,33)(H,30,34). The van der Waals surface area contributed by atoms with Gasteiger partial charge < -0.3 is 11.1 Å². The van der Waals surface area contributed by atoms with Crippen molar-refractivity contribution in [2.45, 2.75) is 17.6 Å². The maximum atomic E-state index is 13.4. The van der Waals surface area contributed by atoms with Crippen molar-refractivity contribution >= 4 is 57.0 Å². The number of nitrogens with zero attached hydrogens (tertiary/aromatic N) is 3. The Bertz CT molecular complexity index is 1360. The van der Waals surface area contributed by atoms with Gasteiger partial charge in [-0.05, 0) is 35.9 Å². The third kappa shape index (κ3) is 4.55. The summed E-state index contributed by atoms with van der Waals surface area (Å²) in [6.07, 6.45) is -2.21. The molecule has 1 aliphatic carbocycles. The number of nitrogens with two attached hydrogens (primary N) is 1. The molecule has 0 saturated heterocycles. The predicted molar refractivity (Wildman–Crippen MR) is 122 cm³/mol. The molecule has 0 bridgehead atoms. The highest BCUT2D eigenvalue weighted by Gasteiger charge is 2.41. The Morgan fingerprint density at radius 3 is 2.62 bits per heavy atom. The summed E-state index contributed by atoms with van der Waals surface area (Å²) in [7, 11) is 0. The van der Waals surface area contributed by atoms with E-state index in [0.29, 0.717) is 26.3 Å². The monoisotopic (exact) mass is 573 g/mol. The van der Waals surface area contributed by atoms with Crippen LogP contribution in [0.3, 0.4) is 0 Å². The van der Waals surface area contributed by atoms with E-state index in [0.717, 1.165) is 0 Å². The Morgan fingerprint density at radius 2 is 1.97 bits per heavy atom. The van der Waals surface area contributed by atoms with Gasteiger partial charge in [0.05, 0.1) is 5.02 Å². The van der Waals surface area contributed by atoms with Crippen LogP contribution in [-0.2, 0) is 16.0 Å². The van der Waals surface area contributed by atoms with Crippen LogP contribution >= 0.6 is 39.1 Å². The van der Waals surface area contributed by atoms with E-state index in [-0.39, 0.29) is 22.8 Å². The first-order valence-corrected chi connectivity index (χ1v) is 11.0. The Morgan fingerprint density at radius 1 is 1.24 bits per heavy atom. The third-order valence-corrected chi connectivity index (χ3v) is 6.22. The molecule has 2 aromatic heterocycles. The lowest BCUT2D eigenvalue weighted by molar-refractivity contribution is -0.141. The van der Waals surface area contributed by atoms with Crippen molar-refractivity contribution in [1.29, 1.82) is 0 Å². The van der Waals surface area contributed by atoms with Crippen molar-refractivity contribution in [2.75, 3.05) is 0 Å². The maximum Gasteiger partial charge on any atom is 0.435 e. The highest BCUT2D eigenvalue weighted by molar-refractivity contribution is 9.10. The fourth-order valence-electron chi connectivity index (χ4n) is 3.50. The van der Waals surface area contributed by atoms with Gasteiger partial charge in [-0.15, -0.1) is 0 Å². The van der Waals surface area contributed by atoms with Crippen molar-refractivity contribution < 1.29 is 22.8 Å². The number of carbonyl (C=O) groups excluding carboxylic acids is 2. The van der Waals surface area contributed by atoms with Gasteiger partial charge in [-0.25, -0.2) is 9.67 Å². The highest BCUT2D eigenvalue weighted by atomic mass is 79.9. The van der Waals surface area contributed by atoms with Gasteiger partial charge >= 0.3 is 6.18 Å². The van der Waals surface area contributed by atoms with Crippen molar-refractivity contribution in [2.24, 2.45) is 5.73 Å². The smallest absolute Gasteiger partial charge is 0.366 e. The lowest BCUT2D eigenvalue weighted by Gasteiger charge is -2.34. The number of rotatable bonds is 4. The molecule has 34 heavy (non-hydrogen) atoms. The molecule has 7 nitrogen and oxygen atoms in total. The molecule has 3 aromatic rings. The van der Waals surface area contributed by atoms with Crippen LogP contribution in [0.15, 0.2) is 52.6 Å². The molecule has 2 amide bonds. The molecule has 4 rings (SSSR count).